The monoisotopic (exact) mass is 265 g/mol. The quantitative estimate of drug-likeness (QED) is 0.765. The van der Waals surface area contributed by atoms with Crippen LogP contribution in [0.4, 0.5) is 5.69 Å². The SMILES string of the molecule is CC1CN(c2ccccc2C#CCO)S(=O)(=O)C1. The van der Waals surface area contributed by atoms with Gasteiger partial charge in [0.25, 0.3) is 0 Å². The molecule has 1 atom stereocenters. The first kappa shape index (κ1) is 12.9. The number of para-hydroxylation sites is 1. The maximum atomic E-state index is 12.0. The van der Waals surface area contributed by atoms with Gasteiger partial charge in [-0.05, 0) is 18.1 Å². The van der Waals surface area contributed by atoms with E-state index in [0.717, 1.165) is 0 Å². The second-order valence-corrected chi connectivity index (χ2v) is 6.33. The molecule has 1 saturated heterocycles. The van der Waals surface area contributed by atoms with Crippen molar-refractivity contribution in [1.82, 2.24) is 0 Å². The molecular weight excluding hydrogens is 250 g/mol. The third-order valence-corrected chi connectivity index (χ3v) is 4.79. The summed E-state index contributed by atoms with van der Waals surface area (Å²) in [6, 6.07) is 7.10. The number of aliphatic hydroxyl groups excluding tert-OH is 1. The van der Waals surface area contributed by atoms with Gasteiger partial charge >= 0.3 is 0 Å². The molecule has 0 bridgehead atoms. The summed E-state index contributed by atoms with van der Waals surface area (Å²) in [6.45, 7) is 2.16. The van der Waals surface area contributed by atoms with Gasteiger partial charge in [0.05, 0.1) is 11.4 Å². The van der Waals surface area contributed by atoms with Gasteiger partial charge in [-0.25, -0.2) is 8.42 Å². The molecule has 1 heterocycles. The lowest BCUT2D eigenvalue weighted by atomic mass is 10.1. The summed E-state index contributed by atoms with van der Waals surface area (Å²) in [6.07, 6.45) is 0. The van der Waals surface area contributed by atoms with Crippen LogP contribution in [-0.2, 0) is 10.0 Å². The van der Waals surface area contributed by atoms with Gasteiger partial charge in [0.2, 0.25) is 10.0 Å². The van der Waals surface area contributed by atoms with E-state index in [0.29, 0.717) is 17.8 Å². The fraction of sp³-hybridized carbons (Fsp3) is 0.385. The highest BCUT2D eigenvalue weighted by Gasteiger charge is 2.34. The molecule has 18 heavy (non-hydrogen) atoms. The molecule has 1 aromatic carbocycles. The molecule has 1 aromatic rings. The summed E-state index contributed by atoms with van der Waals surface area (Å²) in [7, 11) is -3.23. The highest BCUT2D eigenvalue weighted by atomic mass is 32.2. The van der Waals surface area contributed by atoms with Crippen LogP contribution in [0.5, 0.6) is 0 Å². The average molecular weight is 265 g/mol. The normalized spacial score (nSPS) is 21.4. The van der Waals surface area contributed by atoms with E-state index >= 15 is 0 Å². The molecule has 0 saturated carbocycles. The number of benzene rings is 1. The standard InChI is InChI=1S/C13H15NO3S/c1-11-9-14(18(16,17)10-11)13-7-3-2-5-12(13)6-4-8-15/h2-3,5,7,11,15H,8-10H2,1H3. The molecule has 5 heteroatoms. The van der Waals surface area contributed by atoms with Crippen molar-refractivity contribution in [1.29, 1.82) is 0 Å². The van der Waals surface area contributed by atoms with Crippen molar-refractivity contribution in [3.8, 4) is 11.8 Å². The second-order valence-electron chi connectivity index (χ2n) is 4.39. The molecule has 1 fully saturated rings. The van der Waals surface area contributed by atoms with Crippen molar-refractivity contribution in [2.45, 2.75) is 6.92 Å². The van der Waals surface area contributed by atoms with E-state index in [2.05, 4.69) is 11.8 Å². The fourth-order valence-electron chi connectivity index (χ4n) is 2.08. The van der Waals surface area contributed by atoms with Crippen LogP contribution in [-0.4, -0.2) is 32.4 Å². The van der Waals surface area contributed by atoms with Crippen LogP contribution in [0.1, 0.15) is 12.5 Å². The Hall–Kier alpha value is -1.51. The van der Waals surface area contributed by atoms with Gasteiger partial charge in [0.15, 0.2) is 0 Å². The predicted octanol–water partition coefficient (Wildman–Crippen LogP) is 0.816. The summed E-state index contributed by atoms with van der Waals surface area (Å²) in [5, 5.41) is 8.72. The Bertz CT molecular complexity index is 598. The number of aliphatic hydroxyl groups is 1. The van der Waals surface area contributed by atoms with E-state index in [1.165, 1.54) is 4.31 Å². The molecule has 2 rings (SSSR count). The molecule has 0 amide bonds. The first-order valence-electron chi connectivity index (χ1n) is 5.74. The van der Waals surface area contributed by atoms with Gasteiger partial charge in [0, 0.05) is 12.1 Å². The van der Waals surface area contributed by atoms with Crippen molar-refractivity contribution in [3.05, 3.63) is 29.8 Å². The molecule has 1 unspecified atom stereocenters. The number of hydrogen-bond acceptors (Lipinski definition) is 3. The number of hydrogen-bond donors (Lipinski definition) is 1. The number of nitrogens with zero attached hydrogens (tertiary/aromatic N) is 1. The Balaban J connectivity index is 2.46. The van der Waals surface area contributed by atoms with E-state index in [1.54, 1.807) is 24.3 Å². The molecule has 1 N–H and O–H groups in total. The van der Waals surface area contributed by atoms with Crippen LogP contribution >= 0.6 is 0 Å². The molecule has 96 valence electrons. The maximum absolute atomic E-state index is 12.0. The minimum Gasteiger partial charge on any atom is -0.384 e. The minimum atomic E-state index is -3.23. The summed E-state index contributed by atoms with van der Waals surface area (Å²) >= 11 is 0. The maximum Gasteiger partial charge on any atom is 0.235 e. The smallest absolute Gasteiger partial charge is 0.235 e. The molecule has 1 aliphatic rings. The number of rotatable bonds is 1. The molecule has 0 aromatic heterocycles. The van der Waals surface area contributed by atoms with E-state index in [-0.39, 0.29) is 18.3 Å². The molecule has 4 nitrogen and oxygen atoms in total. The zero-order chi connectivity index (χ0) is 13.2. The molecule has 1 aliphatic heterocycles. The van der Waals surface area contributed by atoms with Crippen LogP contribution in [0, 0.1) is 17.8 Å². The van der Waals surface area contributed by atoms with Crippen LogP contribution in [0.2, 0.25) is 0 Å². The second kappa shape index (κ2) is 5.01. The molecular formula is C13H15NO3S. The highest BCUT2D eigenvalue weighted by molar-refractivity contribution is 7.93. The van der Waals surface area contributed by atoms with E-state index in [4.69, 9.17) is 5.11 Å². The summed E-state index contributed by atoms with van der Waals surface area (Å²) in [5.41, 5.74) is 1.23. The Labute approximate surface area is 107 Å². The van der Waals surface area contributed by atoms with Crippen molar-refractivity contribution in [2.75, 3.05) is 23.2 Å². The van der Waals surface area contributed by atoms with Gasteiger partial charge in [0.1, 0.15) is 6.61 Å². The summed E-state index contributed by atoms with van der Waals surface area (Å²) in [4.78, 5) is 0. The van der Waals surface area contributed by atoms with Crippen molar-refractivity contribution in [3.63, 3.8) is 0 Å². The molecule has 0 radical (unpaired) electrons. The lowest BCUT2D eigenvalue weighted by Crippen LogP contribution is -2.26. The Morgan fingerprint density at radius 2 is 2.17 bits per heavy atom. The molecule has 0 aliphatic carbocycles. The number of anilines is 1. The van der Waals surface area contributed by atoms with E-state index < -0.39 is 10.0 Å². The van der Waals surface area contributed by atoms with Crippen molar-refractivity contribution >= 4 is 15.7 Å². The first-order valence-corrected chi connectivity index (χ1v) is 7.34. The van der Waals surface area contributed by atoms with Gasteiger partial charge < -0.3 is 5.11 Å². The van der Waals surface area contributed by atoms with Crippen LogP contribution in [0.15, 0.2) is 24.3 Å². The highest BCUT2D eigenvalue weighted by Crippen LogP contribution is 2.29. The lowest BCUT2D eigenvalue weighted by molar-refractivity contribution is 0.350. The zero-order valence-corrected chi connectivity index (χ0v) is 10.9. The van der Waals surface area contributed by atoms with Crippen molar-refractivity contribution < 1.29 is 13.5 Å². The average Bonchev–Trinajstić information content (AvgIpc) is 2.60. The van der Waals surface area contributed by atoms with E-state index in [1.807, 2.05) is 6.92 Å². The number of sulfonamides is 1. The van der Waals surface area contributed by atoms with Crippen LogP contribution < -0.4 is 4.31 Å². The molecule has 0 spiro atoms. The van der Waals surface area contributed by atoms with Crippen LogP contribution in [0.3, 0.4) is 0 Å². The Morgan fingerprint density at radius 1 is 1.44 bits per heavy atom. The predicted molar refractivity (Wildman–Crippen MR) is 70.7 cm³/mol. The minimum absolute atomic E-state index is 0.119. The fourth-order valence-corrected chi connectivity index (χ4v) is 4.02. The van der Waals surface area contributed by atoms with Gasteiger partial charge in [-0.3, -0.25) is 4.31 Å². The topological polar surface area (TPSA) is 57.6 Å². The van der Waals surface area contributed by atoms with E-state index in [9.17, 15) is 8.42 Å². The largest absolute Gasteiger partial charge is 0.384 e. The first-order chi connectivity index (χ1) is 8.54. The third kappa shape index (κ3) is 2.50. The van der Waals surface area contributed by atoms with Gasteiger partial charge in [-0.2, -0.15) is 0 Å². The van der Waals surface area contributed by atoms with Crippen molar-refractivity contribution in [2.24, 2.45) is 5.92 Å². The third-order valence-electron chi connectivity index (χ3n) is 2.78. The van der Waals surface area contributed by atoms with Gasteiger partial charge in [-0.1, -0.05) is 30.9 Å². The van der Waals surface area contributed by atoms with Gasteiger partial charge in [-0.15, -0.1) is 0 Å². The van der Waals surface area contributed by atoms with Crippen LogP contribution in [0.25, 0.3) is 0 Å². The summed E-state index contributed by atoms with van der Waals surface area (Å²) in [5.74, 6) is 5.63. The lowest BCUT2D eigenvalue weighted by Gasteiger charge is -2.18. The zero-order valence-electron chi connectivity index (χ0n) is 10.1. The Kier molecular flexibility index (Phi) is 3.60. The Morgan fingerprint density at radius 3 is 2.78 bits per heavy atom. The summed E-state index contributed by atoms with van der Waals surface area (Å²) < 4.78 is 25.5.